The number of nitrogens with one attached hydrogen (secondary N) is 2. The minimum atomic E-state index is -0.935. The van der Waals surface area contributed by atoms with Gasteiger partial charge < -0.3 is 15.4 Å². The van der Waals surface area contributed by atoms with Crippen molar-refractivity contribution in [2.24, 2.45) is 19.0 Å². The van der Waals surface area contributed by atoms with Gasteiger partial charge in [0.15, 0.2) is 0 Å². The first-order valence-electron chi connectivity index (χ1n) is 12.9. The van der Waals surface area contributed by atoms with Crippen LogP contribution in [0, 0.1) is 11.3 Å². The van der Waals surface area contributed by atoms with E-state index in [4.69, 9.17) is 5.41 Å². The molecule has 0 spiro atoms. The van der Waals surface area contributed by atoms with Crippen LogP contribution in [0.15, 0.2) is 72.2 Å². The molecule has 0 bridgehead atoms. The second-order valence-corrected chi connectivity index (χ2v) is 11.8. The Balaban J connectivity index is 1.38. The molecule has 2 aromatic rings. The van der Waals surface area contributed by atoms with Gasteiger partial charge in [-0.1, -0.05) is 25.6 Å². The normalized spacial score (nSPS) is 21.3. The number of benzene rings is 1. The SMILES string of the molecule is C=C/C=C1/N=C(C)N=C(NC(=O)C2CC(C)CN2C(=O)Cn2nc(C(=N)[O-])c3cc(C4=CN=IC=C4)ccc32)N1C. The van der Waals surface area contributed by atoms with Crippen molar-refractivity contribution >= 4 is 67.0 Å². The van der Waals surface area contributed by atoms with Crippen molar-refractivity contribution < 1.29 is 14.7 Å². The van der Waals surface area contributed by atoms with Crippen LogP contribution in [0.4, 0.5) is 0 Å². The molecule has 0 saturated carbocycles. The highest BCUT2D eigenvalue weighted by Gasteiger charge is 2.39. The molecule has 13 heteroatoms. The lowest BCUT2D eigenvalue weighted by atomic mass is 10.0. The van der Waals surface area contributed by atoms with Crippen LogP contribution in [0.3, 0.4) is 0 Å². The summed E-state index contributed by atoms with van der Waals surface area (Å²) >= 11 is -0.317. The van der Waals surface area contributed by atoms with Crippen molar-refractivity contribution in [2.45, 2.75) is 32.9 Å². The molecule has 0 aliphatic carbocycles. The molecule has 2 N–H and O–H groups in total. The molecule has 2 unspecified atom stereocenters. The standard InChI is InChI=1S/C28H30IN9O3/c1-5-6-23-32-17(3)33-28(36(23)4)34-27(41)22-11-16(2)14-37(22)24(39)15-38-21-8-7-18(19-9-10-29-31-13-19)12-20(21)25(35-38)26(30)40/h5-10,12-13,16,22H,1,11,14-15H2,2-4H3,(H2,30,40)(H,32,33,34,41)/p-1/b23-6-. The van der Waals surface area contributed by atoms with Gasteiger partial charge in [-0.15, -0.1) is 0 Å². The van der Waals surface area contributed by atoms with Crippen LogP contribution < -0.4 is 10.4 Å². The summed E-state index contributed by atoms with van der Waals surface area (Å²) in [7, 11) is 1.74. The topological polar surface area (TPSA) is 154 Å². The molecule has 1 aromatic carbocycles. The van der Waals surface area contributed by atoms with E-state index in [2.05, 4.69) is 30.1 Å². The van der Waals surface area contributed by atoms with Crippen molar-refractivity contribution in [3.8, 4) is 0 Å². The van der Waals surface area contributed by atoms with E-state index >= 15 is 0 Å². The van der Waals surface area contributed by atoms with E-state index < -0.39 is 11.9 Å². The second kappa shape index (κ2) is 11.7. The molecule has 1 saturated heterocycles. The highest BCUT2D eigenvalue weighted by molar-refractivity contribution is 14.2. The number of aromatic nitrogens is 2. The molecule has 1 aromatic heterocycles. The number of fused-ring (bicyclic) bond motifs is 1. The third kappa shape index (κ3) is 5.80. The molecule has 41 heavy (non-hydrogen) atoms. The largest absolute Gasteiger partial charge is 0.858 e. The molecule has 12 nitrogen and oxygen atoms in total. The number of likely N-dealkylation sites (tertiary alicyclic amines) is 1. The molecule has 1 fully saturated rings. The van der Waals surface area contributed by atoms with Crippen molar-refractivity contribution in [1.82, 2.24) is 24.9 Å². The van der Waals surface area contributed by atoms with Gasteiger partial charge in [-0.25, -0.2) is 8.14 Å². The Kier molecular flexibility index (Phi) is 8.06. The minimum Gasteiger partial charge on any atom is -0.858 e. The van der Waals surface area contributed by atoms with Gasteiger partial charge in [-0.05, 0) is 53.2 Å². The zero-order chi connectivity index (χ0) is 29.3. The van der Waals surface area contributed by atoms with Gasteiger partial charge in [-0.3, -0.25) is 24.5 Å². The summed E-state index contributed by atoms with van der Waals surface area (Å²) in [6.45, 7) is 7.65. The smallest absolute Gasteiger partial charge is 0.249 e. The Morgan fingerprint density at radius 3 is 2.83 bits per heavy atom. The summed E-state index contributed by atoms with van der Waals surface area (Å²) < 4.78 is 7.86. The summed E-state index contributed by atoms with van der Waals surface area (Å²) in [4.78, 5) is 39.0. The Morgan fingerprint density at radius 1 is 1.32 bits per heavy atom. The van der Waals surface area contributed by atoms with Gasteiger partial charge in [0.1, 0.15) is 29.9 Å². The van der Waals surface area contributed by atoms with Gasteiger partial charge >= 0.3 is 0 Å². The number of amides is 2. The van der Waals surface area contributed by atoms with Gasteiger partial charge in [0.2, 0.25) is 17.8 Å². The first-order chi connectivity index (χ1) is 19.7. The summed E-state index contributed by atoms with van der Waals surface area (Å²) in [6.07, 6.45) is 7.62. The maximum atomic E-state index is 13.6. The lowest BCUT2D eigenvalue weighted by Gasteiger charge is -2.28. The second-order valence-electron chi connectivity index (χ2n) is 9.95. The first-order valence-corrected chi connectivity index (χ1v) is 15.1. The zero-order valence-corrected chi connectivity index (χ0v) is 25.0. The lowest BCUT2D eigenvalue weighted by molar-refractivity contribution is -0.214. The van der Waals surface area contributed by atoms with Gasteiger partial charge in [0, 0.05) is 57.7 Å². The van der Waals surface area contributed by atoms with E-state index in [-0.39, 0.29) is 51.0 Å². The van der Waals surface area contributed by atoms with E-state index in [0.717, 1.165) is 11.1 Å². The Morgan fingerprint density at radius 2 is 2.12 bits per heavy atom. The van der Waals surface area contributed by atoms with Gasteiger partial charge in [-0.2, -0.15) is 10.1 Å². The number of aliphatic imine (C=N–C) groups is 2. The van der Waals surface area contributed by atoms with Crippen LogP contribution >= 0.6 is 21.0 Å². The molecule has 0 radical (unpaired) electrons. The number of carbonyl (C=O) groups excluding carboxylic acids is 2. The Bertz CT molecular complexity index is 1650. The fourth-order valence-electron chi connectivity index (χ4n) is 5.02. The number of carbonyl (C=O) groups is 2. The molecule has 5 rings (SSSR count). The van der Waals surface area contributed by atoms with E-state index in [0.29, 0.717) is 41.5 Å². The number of hydrogen-bond acceptors (Lipinski definition) is 9. The van der Waals surface area contributed by atoms with Crippen LogP contribution in [0.25, 0.3) is 16.5 Å². The lowest BCUT2D eigenvalue weighted by Crippen LogP contribution is -2.52. The fraction of sp³-hybridized carbons (Fsp3) is 0.286. The molecule has 3 aliphatic heterocycles. The number of allylic oxidation sites excluding steroid dienone is 4. The monoisotopic (exact) mass is 666 g/mol. The van der Waals surface area contributed by atoms with Crippen LogP contribution in [0.2, 0.25) is 0 Å². The molecule has 4 heterocycles. The maximum Gasteiger partial charge on any atom is 0.249 e. The van der Waals surface area contributed by atoms with Crippen LogP contribution in [-0.4, -0.2) is 68.7 Å². The summed E-state index contributed by atoms with van der Waals surface area (Å²) in [5, 5.41) is 27.6. The molecule has 212 valence electrons. The minimum absolute atomic E-state index is 0.0257. The molecular weight excluding hydrogens is 637 g/mol. The third-order valence-electron chi connectivity index (χ3n) is 6.97. The van der Waals surface area contributed by atoms with Gasteiger partial charge in [0.05, 0.1) is 5.52 Å². The quantitative estimate of drug-likeness (QED) is 0.276. The Hall–Kier alpha value is -4.27. The maximum absolute atomic E-state index is 13.6. The van der Waals surface area contributed by atoms with Crippen molar-refractivity contribution in [2.75, 3.05) is 13.6 Å². The molecule has 2 amide bonds. The van der Waals surface area contributed by atoms with Crippen LogP contribution in [0.1, 0.15) is 31.5 Å². The van der Waals surface area contributed by atoms with Crippen molar-refractivity contribution in [1.29, 1.82) is 5.41 Å². The van der Waals surface area contributed by atoms with Crippen LogP contribution in [-0.2, 0) is 16.1 Å². The molecular formula is C28H29IN9O3-. The fourth-order valence-corrected chi connectivity index (χ4v) is 6.22. The predicted molar refractivity (Wildman–Crippen MR) is 164 cm³/mol. The third-order valence-corrected chi connectivity index (χ3v) is 8.25. The average Bonchev–Trinajstić information content (AvgIpc) is 3.52. The van der Waals surface area contributed by atoms with E-state index in [9.17, 15) is 14.7 Å². The summed E-state index contributed by atoms with van der Waals surface area (Å²) in [5.74, 6) is -0.110. The zero-order valence-electron chi connectivity index (χ0n) is 22.8. The number of hydrogen-bond donors (Lipinski definition) is 2. The summed E-state index contributed by atoms with van der Waals surface area (Å²) in [6, 6.07) is 4.77. The van der Waals surface area contributed by atoms with Crippen molar-refractivity contribution in [3.63, 3.8) is 0 Å². The highest BCUT2D eigenvalue weighted by Crippen LogP contribution is 2.29. The summed E-state index contributed by atoms with van der Waals surface area (Å²) in [5.41, 5.74) is 2.29. The first kappa shape index (κ1) is 28.3. The Labute approximate surface area is 247 Å². The van der Waals surface area contributed by atoms with Crippen LogP contribution in [0.5, 0.6) is 0 Å². The van der Waals surface area contributed by atoms with E-state index in [1.54, 1.807) is 48.1 Å². The molecule has 3 aliphatic rings. The highest BCUT2D eigenvalue weighted by atomic mass is 127. The number of nitrogens with zero attached hydrogens (tertiary/aromatic N) is 7. The van der Waals surface area contributed by atoms with E-state index in [1.807, 2.05) is 29.3 Å². The molecule has 2 atom stereocenters. The number of halogens is 1. The van der Waals surface area contributed by atoms with E-state index in [1.165, 1.54) is 4.68 Å². The number of guanidine groups is 1. The van der Waals surface area contributed by atoms with Crippen molar-refractivity contribution in [3.05, 3.63) is 70.4 Å². The predicted octanol–water partition coefficient (Wildman–Crippen LogP) is 2.84. The number of amidine groups is 1. The number of rotatable bonds is 6. The van der Waals surface area contributed by atoms with Gasteiger partial charge in [0.25, 0.3) is 0 Å². The average molecular weight is 667 g/mol.